The summed E-state index contributed by atoms with van der Waals surface area (Å²) in [4.78, 5) is 21.0. The van der Waals surface area contributed by atoms with Crippen molar-refractivity contribution >= 4 is 36.2 Å². The van der Waals surface area contributed by atoms with Gasteiger partial charge in [0.15, 0.2) is 4.87 Å². The summed E-state index contributed by atoms with van der Waals surface area (Å²) in [6, 6.07) is 8.18. The number of hydrogen-bond donors (Lipinski definition) is 3. The largest absolute Gasteiger partial charge is 0.481 e. The third-order valence-corrected chi connectivity index (χ3v) is 3.78. The maximum Gasteiger partial charge on any atom is 0.326 e. The van der Waals surface area contributed by atoms with Crippen LogP contribution >= 0.6 is 24.2 Å². The summed E-state index contributed by atoms with van der Waals surface area (Å²) < 4.78 is 0. The molecule has 0 aromatic heterocycles. The highest BCUT2D eigenvalue weighted by Crippen LogP contribution is 2.38. The fourth-order valence-corrected chi connectivity index (χ4v) is 2.47. The molecule has 0 amide bonds. The van der Waals surface area contributed by atoms with Gasteiger partial charge in [-0.05, 0) is 24.2 Å². The summed E-state index contributed by atoms with van der Waals surface area (Å²) in [6.45, 7) is 0. The maximum atomic E-state index is 11.4. The second-order valence-corrected chi connectivity index (χ2v) is 5.30. The fourth-order valence-electron chi connectivity index (χ4n) is 1.96. The minimum Gasteiger partial charge on any atom is -0.481 e. The van der Waals surface area contributed by atoms with Crippen LogP contribution in [0, 0.1) is 0 Å². The summed E-state index contributed by atoms with van der Waals surface area (Å²) in [5, 5.41) is 18.7. The van der Waals surface area contributed by atoms with Gasteiger partial charge in [0.05, 0.1) is 0 Å². The third kappa shape index (κ3) is 3.64. The molecule has 0 aliphatic rings. The Balaban J connectivity index is 3.21. The van der Waals surface area contributed by atoms with Gasteiger partial charge in [0.2, 0.25) is 0 Å². The lowest BCUT2D eigenvalue weighted by atomic mass is 9.82. The fraction of sp³-hybridized carbons (Fsp3) is 0.385. The Hall–Kier alpha value is -1.20. The van der Waals surface area contributed by atoms with E-state index in [1.165, 1.54) is 0 Å². The molecule has 0 radical (unpaired) electrons. The standard InChI is InChI=1S/C13H15ClO4S/c14-13(12(17)18,7-4-8-19)10(11(15)16)9-5-2-1-3-6-9/h1-3,5-6,10,19H,4,7-8H2,(H,15,16)(H,17,18). The van der Waals surface area contributed by atoms with Crippen LogP contribution in [0.4, 0.5) is 0 Å². The van der Waals surface area contributed by atoms with Crippen LogP contribution in [0.25, 0.3) is 0 Å². The molecule has 1 aromatic rings. The third-order valence-electron chi connectivity index (χ3n) is 2.89. The Bertz CT molecular complexity index is 451. The zero-order valence-electron chi connectivity index (χ0n) is 10.1. The highest BCUT2D eigenvalue weighted by molar-refractivity contribution is 7.80. The van der Waals surface area contributed by atoms with Gasteiger partial charge in [-0.3, -0.25) is 9.59 Å². The molecule has 2 atom stereocenters. The SMILES string of the molecule is O=C(O)C(c1ccccc1)C(Cl)(CCCS)C(=O)O. The van der Waals surface area contributed by atoms with Gasteiger partial charge in [-0.2, -0.15) is 12.6 Å². The molecule has 0 saturated carbocycles. The molecule has 104 valence electrons. The number of carbonyl (C=O) groups is 2. The topological polar surface area (TPSA) is 74.6 Å². The van der Waals surface area contributed by atoms with E-state index in [2.05, 4.69) is 12.6 Å². The summed E-state index contributed by atoms with van der Waals surface area (Å²) in [5.74, 6) is -3.43. The smallest absolute Gasteiger partial charge is 0.326 e. The average molecular weight is 303 g/mol. The normalized spacial score (nSPS) is 15.5. The van der Waals surface area contributed by atoms with E-state index >= 15 is 0 Å². The van der Waals surface area contributed by atoms with Crippen molar-refractivity contribution in [3.8, 4) is 0 Å². The Morgan fingerprint density at radius 3 is 2.26 bits per heavy atom. The number of thiol groups is 1. The van der Waals surface area contributed by atoms with Crippen molar-refractivity contribution in [3.63, 3.8) is 0 Å². The highest BCUT2D eigenvalue weighted by atomic mass is 35.5. The number of hydrogen-bond acceptors (Lipinski definition) is 3. The van der Waals surface area contributed by atoms with Crippen molar-refractivity contribution in [2.45, 2.75) is 23.6 Å². The summed E-state index contributed by atoms with van der Waals surface area (Å²) in [7, 11) is 0. The van der Waals surface area contributed by atoms with Crippen molar-refractivity contribution in [1.82, 2.24) is 0 Å². The number of carboxylic acids is 2. The van der Waals surface area contributed by atoms with Crippen LogP contribution in [-0.4, -0.2) is 32.8 Å². The number of aliphatic carboxylic acids is 2. The van der Waals surface area contributed by atoms with Crippen LogP contribution in [-0.2, 0) is 9.59 Å². The summed E-state index contributed by atoms with van der Waals surface area (Å²) >= 11 is 10.1. The van der Waals surface area contributed by atoms with Gasteiger partial charge >= 0.3 is 11.9 Å². The molecule has 19 heavy (non-hydrogen) atoms. The first kappa shape index (κ1) is 15.9. The lowest BCUT2D eigenvalue weighted by Gasteiger charge is -2.29. The van der Waals surface area contributed by atoms with E-state index in [1.807, 2.05) is 0 Å². The molecule has 6 heteroatoms. The van der Waals surface area contributed by atoms with Gasteiger partial charge in [-0.15, -0.1) is 11.6 Å². The molecule has 2 unspecified atom stereocenters. The molecule has 1 aromatic carbocycles. The van der Waals surface area contributed by atoms with Crippen molar-refractivity contribution in [2.24, 2.45) is 0 Å². The van der Waals surface area contributed by atoms with E-state index in [9.17, 15) is 19.8 Å². The zero-order chi connectivity index (χ0) is 14.5. The second-order valence-electron chi connectivity index (χ2n) is 4.18. The van der Waals surface area contributed by atoms with Crippen molar-refractivity contribution < 1.29 is 19.8 Å². The predicted octanol–water partition coefficient (Wildman–Crippen LogP) is 2.63. The highest BCUT2D eigenvalue weighted by Gasteiger charge is 2.48. The van der Waals surface area contributed by atoms with Gasteiger partial charge in [0, 0.05) is 0 Å². The van der Waals surface area contributed by atoms with Gasteiger partial charge in [-0.25, -0.2) is 0 Å². The number of rotatable bonds is 7. The summed E-state index contributed by atoms with van der Waals surface area (Å²) in [5.41, 5.74) is 0.381. The lowest BCUT2D eigenvalue weighted by molar-refractivity contribution is -0.148. The Morgan fingerprint density at radius 1 is 1.26 bits per heavy atom. The van der Waals surface area contributed by atoms with Gasteiger partial charge in [0.1, 0.15) is 5.92 Å². The maximum absolute atomic E-state index is 11.4. The first-order valence-electron chi connectivity index (χ1n) is 5.74. The molecule has 2 N–H and O–H groups in total. The van der Waals surface area contributed by atoms with E-state index in [0.717, 1.165) is 0 Å². The van der Waals surface area contributed by atoms with Crippen molar-refractivity contribution in [2.75, 3.05) is 5.75 Å². The molecule has 0 aliphatic carbocycles. The predicted molar refractivity (Wildman–Crippen MR) is 76.1 cm³/mol. The monoisotopic (exact) mass is 302 g/mol. The minimum absolute atomic E-state index is 0.0409. The Morgan fingerprint density at radius 2 is 1.84 bits per heavy atom. The van der Waals surface area contributed by atoms with E-state index < -0.39 is 22.7 Å². The molecular weight excluding hydrogens is 288 g/mol. The van der Waals surface area contributed by atoms with E-state index in [1.54, 1.807) is 30.3 Å². The van der Waals surface area contributed by atoms with Gasteiger partial charge in [-0.1, -0.05) is 30.3 Å². The number of benzene rings is 1. The number of alkyl halides is 1. The molecule has 1 rings (SSSR count). The van der Waals surface area contributed by atoms with Crippen LogP contribution in [0.1, 0.15) is 24.3 Å². The van der Waals surface area contributed by atoms with E-state index in [4.69, 9.17) is 11.6 Å². The molecule has 0 saturated heterocycles. The summed E-state index contributed by atoms with van der Waals surface area (Å²) in [6.07, 6.45) is 0.467. The van der Waals surface area contributed by atoms with Gasteiger partial charge < -0.3 is 10.2 Å². The van der Waals surface area contributed by atoms with Crippen LogP contribution in [0.3, 0.4) is 0 Å². The molecular formula is C13H15ClO4S. The van der Waals surface area contributed by atoms with Crippen LogP contribution in [0.5, 0.6) is 0 Å². The number of halogens is 1. The van der Waals surface area contributed by atoms with Crippen LogP contribution < -0.4 is 0 Å². The van der Waals surface area contributed by atoms with Crippen LogP contribution in [0.2, 0.25) is 0 Å². The minimum atomic E-state index is -1.87. The molecule has 0 bridgehead atoms. The first-order chi connectivity index (χ1) is 8.93. The molecule has 0 aliphatic heterocycles. The molecule has 4 nitrogen and oxygen atoms in total. The van der Waals surface area contributed by atoms with Gasteiger partial charge in [0.25, 0.3) is 0 Å². The van der Waals surface area contributed by atoms with E-state index in [-0.39, 0.29) is 6.42 Å². The van der Waals surface area contributed by atoms with Crippen LogP contribution in [0.15, 0.2) is 30.3 Å². The van der Waals surface area contributed by atoms with E-state index in [0.29, 0.717) is 17.7 Å². The molecule has 0 spiro atoms. The Labute approximate surface area is 121 Å². The zero-order valence-corrected chi connectivity index (χ0v) is 11.8. The number of carboxylic acid groups (broad SMARTS) is 2. The quantitative estimate of drug-likeness (QED) is 0.535. The molecule has 0 heterocycles. The molecule has 0 fully saturated rings. The Kier molecular flexibility index (Phi) is 5.69. The first-order valence-corrected chi connectivity index (χ1v) is 6.75. The second kappa shape index (κ2) is 6.82. The average Bonchev–Trinajstić information content (AvgIpc) is 2.37. The van der Waals surface area contributed by atoms with Crippen molar-refractivity contribution in [1.29, 1.82) is 0 Å². The van der Waals surface area contributed by atoms with Crippen molar-refractivity contribution in [3.05, 3.63) is 35.9 Å². The lowest BCUT2D eigenvalue weighted by Crippen LogP contribution is -2.43.